The van der Waals surface area contributed by atoms with Gasteiger partial charge in [-0.3, -0.25) is 0 Å². The fourth-order valence-corrected chi connectivity index (χ4v) is 2.20. The van der Waals surface area contributed by atoms with Gasteiger partial charge < -0.3 is 10.6 Å². The van der Waals surface area contributed by atoms with Gasteiger partial charge in [-0.25, -0.2) is 9.97 Å². The Bertz CT molecular complexity index is 540. The molecular formula is C14H17IN4. The van der Waals surface area contributed by atoms with Crippen molar-refractivity contribution in [3.05, 3.63) is 39.7 Å². The molecule has 100 valence electrons. The average Bonchev–Trinajstić information content (AvgIpc) is 2.42. The zero-order valence-electron chi connectivity index (χ0n) is 11.1. The van der Waals surface area contributed by atoms with E-state index in [-0.39, 0.29) is 0 Å². The van der Waals surface area contributed by atoms with Gasteiger partial charge in [0.2, 0.25) is 0 Å². The molecule has 1 heterocycles. The lowest BCUT2D eigenvalue weighted by Crippen LogP contribution is -2.07. The van der Waals surface area contributed by atoms with Gasteiger partial charge in [-0.2, -0.15) is 0 Å². The molecule has 0 radical (unpaired) electrons. The van der Waals surface area contributed by atoms with E-state index in [4.69, 9.17) is 0 Å². The second-order valence-corrected chi connectivity index (χ2v) is 5.31. The molecule has 0 saturated heterocycles. The first kappa shape index (κ1) is 14.0. The van der Waals surface area contributed by atoms with Crippen LogP contribution in [0.5, 0.6) is 0 Å². The smallest absolute Gasteiger partial charge is 0.139 e. The Hall–Kier alpha value is -1.37. The summed E-state index contributed by atoms with van der Waals surface area (Å²) in [5.74, 6) is 1.78. The Morgan fingerprint density at radius 3 is 2.37 bits per heavy atom. The van der Waals surface area contributed by atoms with Crippen LogP contribution in [-0.2, 0) is 6.42 Å². The van der Waals surface area contributed by atoms with Gasteiger partial charge in [0.1, 0.15) is 18.0 Å². The van der Waals surface area contributed by atoms with Crippen molar-refractivity contribution in [2.45, 2.75) is 20.3 Å². The van der Waals surface area contributed by atoms with Crippen molar-refractivity contribution in [3.8, 4) is 0 Å². The number of hydrogen-bond acceptors (Lipinski definition) is 4. The van der Waals surface area contributed by atoms with E-state index >= 15 is 0 Å². The first-order chi connectivity index (χ1) is 9.24. The van der Waals surface area contributed by atoms with Crippen LogP contribution in [0.1, 0.15) is 19.4 Å². The van der Waals surface area contributed by atoms with Crippen LogP contribution in [0.25, 0.3) is 0 Å². The molecule has 0 saturated carbocycles. The number of nitrogens with zero attached hydrogens (tertiary/aromatic N) is 2. The van der Waals surface area contributed by atoms with Gasteiger partial charge in [0.25, 0.3) is 0 Å². The minimum atomic E-state index is 0.854. The Morgan fingerprint density at radius 2 is 1.74 bits per heavy atom. The Labute approximate surface area is 127 Å². The summed E-state index contributed by atoms with van der Waals surface area (Å²) in [6.07, 6.45) is 2.47. The molecular weight excluding hydrogens is 351 g/mol. The van der Waals surface area contributed by atoms with Crippen LogP contribution in [0.3, 0.4) is 0 Å². The summed E-state index contributed by atoms with van der Waals surface area (Å²) in [6.45, 7) is 5.03. The van der Waals surface area contributed by atoms with Crippen LogP contribution in [0.4, 0.5) is 17.3 Å². The number of halogens is 1. The molecule has 2 rings (SSSR count). The van der Waals surface area contributed by atoms with Crippen LogP contribution in [0, 0.1) is 3.57 Å². The number of rotatable bonds is 5. The van der Waals surface area contributed by atoms with E-state index in [1.165, 1.54) is 3.57 Å². The lowest BCUT2D eigenvalue weighted by Gasteiger charge is -2.13. The maximum absolute atomic E-state index is 4.35. The highest BCUT2D eigenvalue weighted by molar-refractivity contribution is 14.1. The highest BCUT2D eigenvalue weighted by atomic mass is 127. The number of aromatic nitrogens is 2. The highest BCUT2D eigenvalue weighted by Gasteiger charge is 2.09. The van der Waals surface area contributed by atoms with E-state index in [2.05, 4.69) is 81.3 Å². The molecule has 0 bridgehead atoms. The molecule has 4 nitrogen and oxygen atoms in total. The molecule has 1 aromatic carbocycles. The Morgan fingerprint density at radius 1 is 1.05 bits per heavy atom. The fourth-order valence-electron chi connectivity index (χ4n) is 1.84. The summed E-state index contributed by atoms with van der Waals surface area (Å²) in [5, 5.41) is 6.63. The maximum atomic E-state index is 4.35. The third-order valence-corrected chi connectivity index (χ3v) is 3.47. The highest BCUT2D eigenvalue weighted by Crippen LogP contribution is 2.24. The molecule has 5 heteroatoms. The number of hydrogen-bond donors (Lipinski definition) is 2. The maximum Gasteiger partial charge on any atom is 0.139 e. The molecule has 0 unspecified atom stereocenters. The fraction of sp³-hybridized carbons (Fsp3) is 0.286. The van der Waals surface area contributed by atoms with Gasteiger partial charge in [0.05, 0.1) is 0 Å². The van der Waals surface area contributed by atoms with Gasteiger partial charge in [-0.05, 0) is 60.2 Å². The van der Waals surface area contributed by atoms with Crippen molar-refractivity contribution in [1.29, 1.82) is 0 Å². The number of anilines is 3. The topological polar surface area (TPSA) is 49.8 Å². The molecule has 2 N–H and O–H groups in total. The molecule has 19 heavy (non-hydrogen) atoms. The van der Waals surface area contributed by atoms with Crippen molar-refractivity contribution in [2.75, 3.05) is 17.2 Å². The molecule has 0 atom stereocenters. The zero-order chi connectivity index (χ0) is 13.7. The number of benzene rings is 1. The van der Waals surface area contributed by atoms with Crippen molar-refractivity contribution in [3.63, 3.8) is 0 Å². The first-order valence-corrected chi connectivity index (χ1v) is 7.42. The third-order valence-electron chi connectivity index (χ3n) is 2.75. The summed E-state index contributed by atoms with van der Waals surface area (Å²) >= 11 is 2.29. The lowest BCUT2D eigenvalue weighted by atomic mass is 10.2. The summed E-state index contributed by atoms with van der Waals surface area (Å²) in [4.78, 5) is 8.64. The van der Waals surface area contributed by atoms with Crippen LogP contribution in [0.15, 0.2) is 30.6 Å². The van der Waals surface area contributed by atoms with Gasteiger partial charge in [-0.15, -0.1) is 0 Å². The Balaban J connectivity index is 2.28. The third kappa shape index (κ3) is 3.56. The predicted molar refractivity (Wildman–Crippen MR) is 88.0 cm³/mol. The number of nitrogens with one attached hydrogen (secondary N) is 2. The monoisotopic (exact) mass is 368 g/mol. The minimum Gasteiger partial charge on any atom is -0.370 e. The minimum absolute atomic E-state index is 0.854. The van der Waals surface area contributed by atoms with Gasteiger partial charge >= 0.3 is 0 Å². The van der Waals surface area contributed by atoms with E-state index < -0.39 is 0 Å². The summed E-state index contributed by atoms with van der Waals surface area (Å²) in [5.41, 5.74) is 2.15. The van der Waals surface area contributed by atoms with Gasteiger partial charge in [0.15, 0.2) is 0 Å². The first-order valence-electron chi connectivity index (χ1n) is 6.35. The largest absolute Gasteiger partial charge is 0.370 e. The molecule has 0 aliphatic rings. The molecule has 1 aromatic heterocycles. The zero-order valence-corrected chi connectivity index (χ0v) is 13.2. The molecule has 0 fully saturated rings. The quantitative estimate of drug-likeness (QED) is 0.788. The lowest BCUT2D eigenvalue weighted by molar-refractivity contribution is 1.03. The average molecular weight is 368 g/mol. The normalized spacial score (nSPS) is 10.3. The molecule has 0 spiro atoms. The van der Waals surface area contributed by atoms with Crippen LogP contribution in [-0.4, -0.2) is 16.5 Å². The van der Waals surface area contributed by atoms with E-state index in [0.29, 0.717) is 0 Å². The van der Waals surface area contributed by atoms with Gasteiger partial charge in [-0.1, -0.05) is 6.92 Å². The standard InChI is InChI=1S/C14H17IN4/c1-3-12-13(16-4-2)17-9-18-14(12)19-11-7-5-10(15)6-8-11/h5-9H,3-4H2,1-2H3,(H2,16,17,18,19). The molecule has 0 aliphatic heterocycles. The van der Waals surface area contributed by atoms with Gasteiger partial charge in [0, 0.05) is 21.4 Å². The van der Waals surface area contributed by atoms with Crippen LogP contribution >= 0.6 is 22.6 Å². The van der Waals surface area contributed by atoms with E-state index in [1.807, 2.05) is 0 Å². The summed E-state index contributed by atoms with van der Waals surface area (Å²) < 4.78 is 1.22. The van der Waals surface area contributed by atoms with Crippen molar-refractivity contribution in [2.24, 2.45) is 0 Å². The summed E-state index contributed by atoms with van der Waals surface area (Å²) in [7, 11) is 0. The predicted octanol–water partition coefficient (Wildman–Crippen LogP) is 3.82. The SMILES string of the molecule is CCNc1ncnc(Nc2ccc(I)cc2)c1CC. The van der Waals surface area contributed by atoms with Crippen LogP contribution in [0.2, 0.25) is 0 Å². The Kier molecular flexibility index (Phi) is 4.95. The van der Waals surface area contributed by atoms with Crippen molar-refractivity contribution in [1.82, 2.24) is 9.97 Å². The van der Waals surface area contributed by atoms with Crippen LogP contribution < -0.4 is 10.6 Å². The van der Waals surface area contributed by atoms with E-state index in [9.17, 15) is 0 Å². The van der Waals surface area contributed by atoms with Crippen molar-refractivity contribution >= 4 is 39.9 Å². The molecule has 2 aromatic rings. The second-order valence-electron chi connectivity index (χ2n) is 4.07. The van der Waals surface area contributed by atoms with E-state index in [0.717, 1.165) is 35.9 Å². The van der Waals surface area contributed by atoms with Crippen molar-refractivity contribution < 1.29 is 0 Å². The van der Waals surface area contributed by atoms with E-state index in [1.54, 1.807) is 6.33 Å². The second kappa shape index (κ2) is 6.70. The molecule has 0 aliphatic carbocycles. The summed E-state index contributed by atoms with van der Waals surface area (Å²) in [6, 6.07) is 8.24. The molecule has 0 amide bonds.